The molecule has 0 aliphatic carbocycles. The number of hydrogen-bond donors (Lipinski definition) is 1. The highest BCUT2D eigenvalue weighted by Crippen LogP contribution is 2.23. The number of fused-ring (bicyclic) bond motifs is 1. The van der Waals surface area contributed by atoms with E-state index in [9.17, 15) is 14.4 Å². The maximum absolute atomic E-state index is 13.3. The predicted octanol–water partition coefficient (Wildman–Crippen LogP) is 4.49. The van der Waals surface area contributed by atoms with E-state index in [4.69, 9.17) is 11.6 Å². The molecule has 2 aromatic carbocycles. The quantitative estimate of drug-likeness (QED) is 0.470. The first-order valence-electron chi connectivity index (χ1n) is 10.1. The van der Waals surface area contributed by atoms with Gasteiger partial charge in [-0.15, -0.1) is 11.3 Å². The number of carbonyl (C=O) groups is 1. The van der Waals surface area contributed by atoms with E-state index in [0.717, 1.165) is 22.3 Å². The Kier molecular flexibility index (Phi) is 6.04. The summed E-state index contributed by atoms with van der Waals surface area (Å²) in [5.74, 6) is -0.401. The second-order valence-electron chi connectivity index (χ2n) is 7.85. The maximum Gasteiger partial charge on any atom is 0.332 e. The monoisotopic (exact) mass is 467 g/mol. The van der Waals surface area contributed by atoms with E-state index in [1.165, 1.54) is 20.5 Å². The van der Waals surface area contributed by atoms with Crippen molar-refractivity contribution in [2.24, 2.45) is 0 Å². The van der Waals surface area contributed by atoms with Crippen LogP contribution in [0.2, 0.25) is 5.02 Å². The number of carbonyl (C=O) groups excluding carboxylic acids is 1. The molecule has 6 nitrogen and oxygen atoms in total. The smallest absolute Gasteiger partial charge is 0.323 e. The van der Waals surface area contributed by atoms with Crippen LogP contribution in [0.4, 0.5) is 5.69 Å². The van der Waals surface area contributed by atoms with Gasteiger partial charge in [0.15, 0.2) is 0 Å². The minimum Gasteiger partial charge on any atom is -0.323 e. The summed E-state index contributed by atoms with van der Waals surface area (Å²) in [5.41, 5.74) is 4.10. The van der Waals surface area contributed by atoms with E-state index in [0.29, 0.717) is 20.9 Å². The topological polar surface area (TPSA) is 73.1 Å². The fraction of sp³-hybridized carbons (Fsp3) is 0.208. The first kappa shape index (κ1) is 22.0. The van der Waals surface area contributed by atoms with Crippen molar-refractivity contribution in [1.82, 2.24) is 9.13 Å². The molecule has 2 heterocycles. The van der Waals surface area contributed by atoms with Crippen molar-refractivity contribution in [2.45, 2.75) is 33.9 Å². The highest BCUT2D eigenvalue weighted by molar-refractivity contribution is 7.17. The number of amides is 1. The van der Waals surface area contributed by atoms with Gasteiger partial charge in [0.05, 0.1) is 22.8 Å². The van der Waals surface area contributed by atoms with E-state index >= 15 is 0 Å². The molecular weight excluding hydrogens is 446 g/mol. The number of nitrogens with zero attached hydrogens (tertiary/aromatic N) is 2. The molecular formula is C24H22ClN3O3S. The molecule has 0 fully saturated rings. The number of nitrogens with one attached hydrogen (secondary N) is 1. The lowest BCUT2D eigenvalue weighted by Crippen LogP contribution is -2.41. The molecule has 2 aromatic heterocycles. The van der Waals surface area contributed by atoms with Crippen LogP contribution in [0.15, 0.2) is 57.4 Å². The zero-order chi connectivity index (χ0) is 23.0. The number of halogens is 1. The van der Waals surface area contributed by atoms with Crippen LogP contribution < -0.4 is 16.6 Å². The van der Waals surface area contributed by atoms with Gasteiger partial charge in [-0.3, -0.25) is 18.7 Å². The Morgan fingerprint density at radius 1 is 1.00 bits per heavy atom. The maximum atomic E-state index is 13.3. The molecule has 1 N–H and O–H groups in total. The number of aryl methyl sites for hydroxylation is 3. The van der Waals surface area contributed by atoms with Crippen molar-refractivity contribution in [1.29, 1.82) is 0 Å². The normalized spacial score (nSPS) is 11.1. The SMILES string of the molecule is Cc1ccc(NC(=O)Cn2c(=O)n(Cc3ccc(C)c(C)c3)c(=O)c3sccc32)c(Cl)c1. The Bertz CT molecular complexity index is 1470. The summed E-state index contributed by atoms with van der Waals surface area (Å²) >= 11 is 7.47. The molecule has 1 amide bonds. The number of anilines is 1. The van der Waals surface area contributed by atoms with Crippen LogP contribution in [0.25, 0.3) is 10.2 Å². The number of aromatic nitrogens is 2. The highest BCUT2D eigenvalue weighted by Gasteiger charge is 2.17. The van der Waals surface area contributed by atoms with Crippen molar-refractivity contribution in [3.63, 3.8) is 0 Å². The van der Waals surface area contributed by atoms with Crippen molar-refractivity contribution in [3.05, 3.63) is 96.0 Å². The standard InChI is InChI=1S/C24H22ClN3O3S/c1-14-4-7-19(18(25)10-14)26-21(29)13-27-20-8-9-32-22(20)23(30)28(24(27)31)12-17-6-5-15(2)16(3)11-17/h4-11H,12-13H2,1-3H3,(H,26,29). The Balaban J connectivity index is 1.72. The molecule has 164 valence electrons. The van der Waals surface area contributed by atoms with Gasteiger partial charge >= 0.3 is 5.69 Å². The summed E-state index contributed by atoms with van der Waals surface area (Å²) in [7, 11) is 0. The van der Waals surface area contributed by atoms with Gasteiger partial charge in [-0.2, -0.15) is 0 Å². The first-order chi connectivity index (χ1) is 15.2. The van der Waals surface area contributed by atoms with Crippen LogP contribution in [-0.2, 0) is 17.9 Å². The average Bonchev–Trinajstić information content (AvgIpc) is 3.23. The summed E-state index contributed by atoms with van der Waals surface area (Å²) in [6.45, 7) is 5.81. The van der Waals surface area contributed by atoms with Gasteiger partial charge in [0.1, 0.15) is 11.2 Å². The lowest BCUT2D eigenvalue weighted by Gasteiger charge is -2.13. The van der Waals surface area contributed by atoms with Crippen molar-refractivity contribution in [3.8, 4) is 0 Å². The Hall–Kier alpha value is -3.16. The van der Waals surface area contributed by atoms with Crippen LogP contribution in [0.3, 0.4) is 0 Å². The molecule has 0 unspecified atom stereocenters. The molecule has 0 spiro atoms. The Morgan fingerprint density at radius 2 is 1.78 bits per heavy atom. The first-order valence-corrected chi connectivity index (χ1v) is 11.3. The van der Waals surface area contributed by atoms with E-state index in [2.05, 4.69) is 5.32 Å². The van der Waals surface area contributed by atoms with Crippen LogP contribution in [0.1, 0.15) is 22.3 Å². The van der Waals surface area contributed by atoms with Gasteiger partial charge in [0.2, 0.25) is 5.91 Å². The summed E-state index contributed by atoms with van der Waals surface area (Å²) in [4.78, 5) is 39.1. The third-order valence-corrected chi connectivity index (χ3v) is 6.65. The Labute approximate surface area is 193 Å². The van der Waals surface area contributed by atoms with Gasteiger partial charge in [0, 0.05) is 0 Å². The summed E-state index contributed by atoms with van der Waals surface area (Å²) < 4.78 is 2.97. The molecule has 0 saturated heterocycles. The lowest BCUT2D eigenvalue weighted by molar-refractivity contribution is -0.116. The second kappa shape index (κ2) is 8.76. The average molecular weight is 468 g/mol. The molecule has 0 bridgehead atoms. The van der Waals surface area contributed by atoms with Crippen LogP contribution >= 0.6 is 22.9 Å². The number of hydrogen-bond acceptors (Lipinski definition) is 4. The molecule has 4 aromatic rings. The third kappa shape index (κ3) is 4.26. The van der Waals surface area contributed by atoms with Gasteiger partial charge in [-0.05, 0) is 66.6 Å². The number of rotatable bonds is 5. The summed E-state index contributed by atoms with van der Waals surface area (Å²) in [6.07, 6.45) is 0. The van der Waals surface area contributed by atoms with Gasteiger partial charge in [-0.25, -0.2) is 4.79 Å². The highest BCUT2D eigenvalue weighted by atomic mass is 35.5. The van der Waals surface area contributed by atoms with E-state index in [1.807, 2.05) is 45.0 Å². The molecule has 0 atom stereocenters. The van der Waals surface area contributed by atoms with E-state index < -0.39 is 11.6 Å². The number of benzene rings is 2. The summed E-state index contributed by atoms with van der Waals surface area (Å²) in [5, 5.41) is 4.92. The zero-order valence-electron chi connectivity index (χ0n) is 17.9. The molecule has 4 rings (SSSR count). The predicted molar refractivity (Wildman–Crippen MR) is 130 cm³/mol. The molecule has 32 heavy (non-hydrogen) atoms. The molecule has 0 radical (unpaired) electrons. The molecule has 0 aliphatic rings. The van der Waals surface area contributed by atoms with Crippen molar-refractivity contribution >= 4 is 44.7 Å². The molecule has 8 heteroatoms. The fourth-order valence-corrected chi connectivity index (χ4v) is 4.69. The van der Waals surface area contributed by atoms with Crippen LogP contribution in [-0.4, -0.2) is 15.0 Å². The molecule has 0 saturated carbocycles. The van der Waals surface area contributed by atoms with E-state index in [-0.39, 0.29) is 18.6 Å². The van der Waals surface area contributed by atoms with Gasteiger partial charge < -0.3 is 5.32 Å². The van der Waals surface area contributed by atoms with Crippen molar-refractivity contribution < 1.29 is 4.79 Å². The van der Waals surface area contributed by atoms with Gasteiger partial charge in [-0.1, -0.05) is 35.9 Å². The largest absolute Gasteiger partial charge is 0.332 e. The second-order valence-corrected chi connectivity index (χ2v) is 9.17. The fourth-order valence-electron chi connectivity index (χ4n) is 3.56. The van der Waals surface area contributed by atoms with Crippen LogP contribution in [0.5, 0.6) is 0 Å². The minimum absolute atomic E-state index is 0.137. The lowest BCUT2D eigenvalue weighted by atomic mass is 10.1. The Morgan fingerprint density at radius 3 is 2.50 bits per heavy atom. The summed E-state index contributed by atoms with van der Waals surface area (Å²) in [6, 6.07) is 12.9. The van der Waals surface area contributed by atoms with Gasteiger partial charge in [0.25, 0.3) is 5.56 Å². The van der Waals surface area contributed by atoms with Crippen molar-refractivity contribution in [2.75, 3.05) is 5.32 Å². The van der Waals surface area contributed by atoms with E-state index in [1.54, 1.807) is 23.6 Å². The number of thiophene rings is 1. The molecule has 0 aliphatic heterocycles. The third-order valence-electron chi connectivity index (χ3n) is 5.45. The minimum atomic E-state index is -0.524. The zero-order valence-corrected chi connectivity index (χ0v) is 19.5. The van der Waals surface area contributed by atoms with Crippen LogP contribution in [0, 0.1) is 20.8 Å².